The molecule has 0 unspecified atom stereocenters. The Morgan fingerprint density at radius 1 is 1.29 bits per heavy atom. The molecule has 0 aliphatic carbocycles. The fourth-order valence-corrected chi connectivity index (χ4v) is 3.03. The maximum atomic E-state index is 12.8. The average Bonchev–Trinajstić information content (AvgIpc) is 2.55. The minimum absolute atomic E-state index is 0.128. The number of hydrogen-bond donors (Lipinski definition) is 1. The molecule has 2 aromatic rings. The van der Waals surface area contributed by atoms with Crippen molar-refractivity contribution in [3.8, 4) is 0 Å². The van der Waals surface area contributed by atoms with E-state index in [9.17, 15) is 4.79 Å². The standard InChI is InChI=1S/C17H21N3O/c1-2-18-13-8-11-20(12-9-13)17(21)15-7-10-19-16-6-4-3-5-14(15)16/h3-7,10,13,18H,2,8-9,11-12H2,1H3. The van der Waals surface area contributed by atoms with E-state index in [4.69, 9.17) is 0 Å². The topological polar surface area (TPSA) is 45.2 Å². The minimum Gasteiger partial charge on any atom is -0.339 e. The molecular formula is C17H21N3O. The highest BCUT2D eigenvalue weighted by atomic mass is 16.2. The van der Waals surface area contributed by atoms with Gasteiger partial charge in [-0.05, 0) is 31.5 Å². The van der Waals surface area contributed by atoms with Gasteiger partial charge in [0.05, 0.1) is 11.1 Å². The van der Waals surface area contributed by atoms with Crippen LogP contribution in [0.5, 0.6) is 0 Å². The third kappa shape index (κ3) is 2.90. The summed E-state index contributed by atoms with van der Waals surface area (Å²) in [7, 11) is 0. The second-order valence-electron chi connectivity index (χ2n) is 5.50. The number of aromatic nitrogens is 1. The third-order valence-electron chi connectivity index (χ3n) is 4.15. The number of para-hydroxylation sites is 1. The second kappa shape index (κ2) is 6.22. The Morgan fingerprint density at radius 3 is 2.81 bits per heavy atom. The summed E-state index contributed by atoms with van der Waals surface area (Å²) in [5.74, 6) is 0.128. The molecule has 1 amide bonds. The molecule has 2 heterocycles. The van der Waals surface area contributed by atoms with E-state index in [1.807, 2.05) is 35.2 Å². The lowest BCUT2D eigenvalue weighted by molar-refractivity contribution is 0.0708. The molecule has 3 rings (SSSR count). The molecule has 0 bridgehead atoms. The lowest BCUT2D eigenvalue weighted by Gasteiger charge is -2.32. The molecule has 0 atom stereocenters. The molecule has 1 saturated heterocycles. The zero-order valence-electron chi connectivity index (χ0n) is 12.4. The first-order chi connectivity index (χ1) is 10.3. The SMILES string of the molecule is CCNC1CCN(C(=O)c2ccnc3ccccc23)CC1. The van der Waals surface area contributed by atoms with E-state index >= 15 is 0 Å². The Morgan fingerprint density at radius 2 is 2.05 bits per heavy atom. The number of nitrogens with zero attached hydrogens (tertiary/aromatic N) is 2. The number of carbonyl (C=O) groups excluding carboxylic acids is 1. The molecule has 1 fully saturated rings. The van der Waals surface area contributed by atoms with E-state index in [2.05, 4.69) is 17.2 Å². The normalized spacial score (nSPS) is 16.3. The smallest absolute Gasteiger partial charge is 0.254 e. The highest BCUT2D eigenvalue weighted by Crippen LogP contribution is 2.20. The quantitative estimate of drug-likeness (QED) is 0.941. The van der Waals surface area contributed by atoms with Crippen molar-refractivity contribution in [2.24, 2.45) is 0 Å². The summed E-state index contributed by atoms with van der Waals surface area (Å²) in [6, 6.07) is 10.2. The maximum Gasteiger partial charge on any atom is 0.254 e. The highest BCUT2D eigenvalue weighted by Gasteiger charge is 2.24. The molecule has 0 radical (unpaired) electrons. The van der Waals surface area contributed by atoms with Crippen molar-refractivity contribution in [2.45, 2.75) is 25.8 Å². The number of pyridine rings is 1. The summed E-state index contributed by atoms with van der Waals surface area (Å²) in [6.45, 7) is 4.77. The van der Waals surface area contributed by atoms with Crippen LogP contribution in [0.3, 0.4) is 0 Å². The Labute approximate surface area is 125 Å². The van der Waals surface area contributed by atoms with Crippen LogP contribution in [0.15, 0.2) is 36.5 Å². The molecule has 0 spiro atoms. The molecule has 0 saturated carbocycles. The van der Waals surface area contributed by atoms with Crippen LogP contribution in [0.2, 0.25) is 0 Å². The summed E-state index contributed by atoms with van der Waals surface area (Å²) in [6.07, 6.45) is 3.78. The Kier molecular flexibility index (Phi) is 4.15. The van der Waals surface area contributed by atoms with Crippen molar-refractivity contribution < 1.29 is 4.79 Å². The third-order valence-corrected chi connectivity index (χ3v) is 4.15. The van der Waals surface area contributed by atoms with Crippen molar-refractivity contribution in [1.29, 1.82) is 0 Å². The van der Waals surface area contributed by atoms with Crippen LogP contribution < -0.4 is 5.32 Å². The van der Waals surface area contributed by atoms with E-state index in [-0.39, 0.29) is 5.91 Å². The number of likely N-dealkylation sites (tertiary alicyclic amines) is 1. The summed E-state index contributed by atoms with van der Waals surface area (Å²) in [4.78, 5) is 19.0. The van der Waals surface area contributed by atoms with Gasteiger partial charge in [-0.15, -0.1) is 0 Å². The van der Waals surface area contributed by atoms with Crippen LogP contribution in [-0.4, -0.2) is 41.5 Å². The summed E-state index contributed by atoms with van der Waals surface area (Å²) in [5.41, 5.74) is 1.65. The van der Waals surface area contributed by atoms with Crippen molar-refractivity contribution in [3.05, 3.63) is 42.1 Å². The molecular weight excluding hydrogens is 262 g/mol. The monoisotopic (exact) mass is 283 g/mol. The van der Waals surface area contributed by atoms with Gasteiger partial charge in [-0.3, -0.25) is 9.78 Å². The number of carbonyl (C=O) groups is 1. The zero-order chi connectivity index (χ0) is 14.7. The average molecular weight is 283 g/mol. The van der Waals surface area contributed by atoms with Crippen LogP contribution in [-0.2, 0) is 0 Å². The first kappa shape index (κ1) is 14.0. The number of rotatable bonds is 3. The van der Waals surface area contributed by atoms with Gasteiger partial charge in [-0.1, -0.05) is 25.1 Å². The molecule has 1 aromatic carbocycles. The van der Waals surface area contributed by atoms with Crippen LogP contribution in [0.25, 0.3) is 10.9 Å². The molecule has 4 heteroatoms. The molecule has 1 aromatic heterocycles. The zero-order valence-corrected chi connectivity index (χ0v) is 12.4. The highest BCUT2D eigenvalue weighted by molar-refractivity contribution is 6.05. The molecule has 110 valence electrons. The van der Waals surface area contributed by atoms with Gasteiger partial charge in [-0.25, -0.2) is 0 Å². The molecule has 1 aliphatic heterocycles. The van der Waals surface area contributed by atoms with Gasteiger partial charge >= 0.3 is 0 Å². The first-order valence-electron chi connectivity index (χ1n) is 7.66. The van der Waals surface area contributed by atoms with Crippen molar-refractivity contribution in [1.82, 2.24) is 15.2 Å². The Bertz CT molecular complexity index is 627. The summed E-state index contributed by atoms with van der Waals surface area (Å²) < 4.78 is 0. The fourth-order valence-electron chi connectivity index (χ4n) is 3.03. The number of fused-ring (bicyclic) bond motifs is 1. The van der Waals surface area contributed by atoms with E-state index in [0.717, 1.165) is 48.9 Å². The largest absolute Gasteiger partial charge is 0.339 e. The number of benzene rings is 1. The van der Waals surface area contributed by atoms with Gasteiger partial charge in [0.1, 0.15) is 0 Å². The van der Waals surface area contributed by atoms with Crippen LogP contribution in [0, 0.1) is 0 Å². The van der Waals surface area contributed by atoms with E-state index in [1.54, 1.807) is 6.20 Å². The predicted octanol–water partition coefficient (Wildman–Crippen LogP) is 2.45. The second-order valence-corrected chi connectivity index (χ2v) is 5.50. The summed E-state index contributed by atoms with van der Waals surface area (Å²) in [5, 5.41) is 4.41. The van der Waals surface area contributed by atoms with Crippen molar-refractivity contribution in [3.63, 3.8) is 0 Å². The van der Waals surface area contributed by atoms with Gasteiger partial charge in [-0.2, -0.15) is 0 Å². The molecule has 21 heavy (non-hydrogen) atoms. The number of amides is 1. The molecule has 4 nitrogen and oxygen atoms in total. The van der Waals surface area contributed by atoms with E-state index in [0.29, 0.717) is 6.04 Å². The number of nitrogens with one attached hydrogen (secondary N) is 1. The molecule has 1 N–H and O–H groups in total. The van der Waals surface area contributed by atoms with E-state index in [1.165, 1.54) is 0 Å². The van der Waals surface area contributed by atoms with Gasteiger partial charge in [0.25, 0.3) is 5.91 Å². The fraction of sp³-hybridized carbons (Fsp3) is 0.412. The van der Waals surface area contributed by atoms with Gasteiger partial charge in [0.15, 0.2) is 0 Å². The molecule has 1 aliphatic rings. The van der Waals surface area contributed by atoms with Crippen molar-refractivity contribution in [2.75, 3.05) is 19.6 Å². The van der Waals surface area contributed by atoms with Gasteiger partial charge in [0.2, 0.25) is 0 Å². The lowest BCUT2D eigenvalue weighted by atomic mass is 10.0. The predicted molar refractivity (Wildman–Crippen MR) is 84.3 cm³/mol. The lowest BCUT2D eigenvalue weighted by Crippen LogP contribution is -2.44. The van der Waals surface area contributed by atoms with Crippen molar-refractivity contribution >= 4 is 16.8 Å². The first-order valence-corrected chi connectivity index (χ1v) is 7.66. The van der Waals surface area contributed by atoms with Gasteiger partial charge in [0, 0.05) is 30.7 Å². The summed E-state index contributed by atoms with van der Waals surface area (Å²) >= 11 is 0. The Hall–Kier alpha value is -1.94. The Balaban J connectivity index is 1.79. The maximum absolute atomic E-state index is 12.8. The number of piperidine rings is 1. The van der Waals surface area contributed by atoms with E-state index < -0.39 is 0 Å². The van der Waals surface area contributed by atoms with Crippen LogP contribution in [0.1, 0.15) is 30.1 Å². The van der Waals surface area contributed by atoms with Gasteiger partial charge < -0.3 is 10.2 Å². The minimum atomic E-state index is 0.128. The number of hydrogen-bond acceptors (Lipinski definition) is 3. The van der Waals surface area contributed by atoms with Crippen LogP contribution >= 0.6 is 0 Å². The van der Waals surface area contributed by atoms with Crippen LogP contribution in [0.4, 0.5) is 0 Å².